The Morgan fingerprint density at radius 3 is 2.39 bits per heavy atom. The van der Waals surface area contributed by atoms with E-state index in [2.05, 4.69) is 20.8 Å². The number of nitrogens with zero attached hydrogens (tertiary/aromatic N) is 1. The Labute approximate surface area is 116 Å². The number of ether oxygens (including phenoxy) is 1. The third-order valence-electron chi connectivity index (χ3n) is 2.71. The molecule has 1 saturated heterocycles. The van der Waals surface area contributed by atoms with E-state index in [1.54, 1.807) is 0 Å². The van der Waals surface area contributed by atoms with E-state index in [9.17, 15) is 4.79 Å². The molecule has 1 rings (SSSR count). The van der Waals surface area contributed by atoms with E-state index in [0.717, 1.165) is 25.1 Å². The van der Waals surface area contributed by atoms with Crippen molar-refractivity contribution in [2.45, 2.75) is 70.8 Å². The summed E-state index contributed by atoms with van der Waals surface area (Å²) in [6.45, 7) is 13.2. The molecule has 0 aromatic carbocycles. The van der Waals surface area contributed by atoms with Crippen LogP contribution in [0.25, 0.3) is 0 Å². The molecule has 1 unspecified atom stereocenters. The number of carbonyl (C=O) groups is 1. The Morgan fingerprint density at radius 2 is 1.89 bits per heavy atom. The van der Waals surface area contributed by atoms with Gasteiger partial charge >= 0.3 is 6.09 Å². The summed E-state index contributed by atoms with van der Waals surface area (Å²) in [5.41, 5.74) is -0.401. The average molecular weight is 273 g/mol. The number of carbonyl (C=O) groups excluding carboxylic acids is 1. The van der Waals surface area contributed by atoms with E-state index >= 15 is 0 Å². The molecule has 0 aliphatic carbocycles. The summed E-state index contributed by atoms with van der Waals surface area (Å²) in [7, 11) is 0. The van der Waals surface area contributed by atoms with Crippen LogP contribution in [-0.2, 0) is 4.74 Å². The van der Waals surface area contributed by atoms with Crippen LogP contribution in [0.15, 0.2) is 0 Å². The fraction of sp³-hybridized carbons (Fsp3) is 0.929. The predicted molar refractivity (Wildman–Crippen MR) is 78.2 cm³/mol. The fourth-order valence-electron chi connectivity index (χ4n) is 1.92. The molecule has 106 valence electrons. The Kier molecular flexibility index (Phi) is 4.98. The fourth-order valence-corrected chi connectivity index (χ4v) is 2.96. The van der Waals surface area contributed by atoms with E-state index in [1.807, 2.05) is 37.4 Å². The molecule has 0 bridgehead atoms. The lowest BCUT2D eigenvalue weighted by Gasteiger charge is -2.30. The predicted octanol–water partition coefficient (Wildman–Crippen LogP) is 3.92. The lowest BCUT2D eigenvalue weighted by Crippen LogP contribution is -2.41. The molecule has 1 fully saturated rings. The first kappa shape index (κ1) is 15.7. The number of hydrogen-bond donors (Lipinski definition) is 0. The van der Waals surface area contributed by atoms with Gasteiger partial charge in [0.05, 0.1) is 0 Å². The third-order valence-corrected chi connectivity index (χ3v) is 4.13. The Hall–Kier alpha value is -0.380. The molecular formula is C14H27NO2S. The van der Waals surface area contributed by atoms with Crippen LogP contribution in [0.1, 0.15) is 54.4 Å². The Morgan fingerprint density at radius 1 is 1.28 bits per heavy atom. The molecule has 1 aliphatic rings. The van der Waals surface area contributed by atoms with Crippen molar-refractivity contribution in [1.29, 1.82) is 0 Å². The summed E-state index contributed by atoms with van der Waals surface area (Å²) in [5, 5.41) is 0. The van der Waals surface area contributed by atoms with Crippen LogP contribution in [0.2, 0.25) is 0 Å². The van der Waals surface area contributed by atoms with Crippen LogP contribution in [-0.4, -0.2) is 39.7 Å². The van der Waals surface area contributed by atoms with Crippen LogP contribution in [0.3, 0.4) is 0 Å². The zero-order valence-corrected chi connectivity index (χ0v) is 13.4. The van der Waals surface area contributed by atoms with Crippen LogP contribution in [0.5, 0.6) is 0 Å². The highest BCUT2D eigenvalue weighted by molar-refractivity contribution is 8.00. The summed E-state index contributed by atoms with van der Waals surface area (Å²) in [6.07, 6.45) is 2.04. The molecule has 0 aromatic rings. The number of thioether (sulfide) groups is 1. The summed E-state index contributed by atoms with van der Waals surface area (Å²) < 4.78 is 5.71. The molecular weight excluding hydrogens is 246 g/mol. The largest absolute Gasteiger partial charge is 0.444 e. The van der Waals surface area contributed by atoms with E-state index in [4.69, 9.17) is 4.74 Å². The molecule has 0 N–H and O–H groups in total. The average Bonchev–Trinajstić information content (AvgIpc) is 2.58. The van der Waals surface area contributed by atoms with Crippen molar-refractivity contribution < 1.29 is 9.53 Å². The first-order chi connectivity index (χ1) is 8.08. The van der Waals surface area contributed by atoms with Gasteiger partial charge < -0.3 is 9.64 Å². The molecule has 1 amide bonds. The summed E-state index contributed by atoms with van der Waals surface area (Å²) in [5.74, 6) is 1.00. The SMILES string of the molecule is CC(C)(C)OC(=O)N1CCCC1CSC(C)(C)C. The van der Waals surface area contributed by atoms with Crippen LogP contribution in [0, 0.1) is 0 Å². The Bertz CT molecular complexity index is 291. The standard InChI is InChI=1S/C14H27NO2S/c1-13(2,3)17-12(16)15-9-7-8-11(15)10-18-14(4,5)6/h11H,7-10H2,1-6H3. The first-order valence-corrected chi connectivity index (χ1v) is 7.71. The van der Waals surface area contributed by atoms with Crippen molar-refractivity contribution in [3.63, 3.8) is 0 Å². The molecule has 1 atom stereocenters. The molecule has 0 saturated carbocycles. The second-order valence-electron chi connectivity index (χ2n) is 6.89. The van der Waals surface area contributed by atoms with Gasteiger partial charge in [-0.25, -0.2) is 4.79 Å². The summed E-state index contributed by atoms with van der Waals surface area (Å²) >= 11 is 1.92. The van der Waals surface area contributed by atoms with E-state index in [0.29, 0.717) is 6.04 Å². The van der Waals surface area contributed by atoms with Crippen LogP contribution in [0.4, 0.5) is 4.79 Å². The van der Waals surface area contributed by atoms with Crippen molar-refractivity contribution in [2.75, 3.05) is 12.3 Å². The second kappa shape index (κ2) is 5.72. The maximum absolute atomic E-state index is 12.1. The van der Waals surface area contributed by atoms with E-state index in [-0.39, 0.29) is 10.8 Å². The van der Waals surface area contributed by atoms with Gasteiger partial charge in [0.15, 0.2) is 0 Å². The van der Waals surface area contributed by atoms with Crippen LogP contribution >= 0.6 is 11.8 Å². The van der Waals surface area contributed by atoms with Crippen molar-refractivity contribution >= 4 is 17.9 Å². The highest BCUT2D eigenvalue weighted by Crippen LogP contribution is 2.29. The minimum Gasteiger partial charge on any atom is -0.444 e. The number of likely N-dealkylation sites (tertiary alicyclic amines) is 1. The molecule has 1 aliphatic heterocycles. The van der Waals surface area contributed by atoms with Gasteiger partial charge in [-0.3, -0.25) is 0 Å². The van der Waals surface area contributed by atoms with E-state index < -0.39 is 5.60 Å². The minimum absolute atomic E-state index is 0.153. The highest BCUT2D eigenvalue weighted by Gasteiger charge is 2.32. The van der Waals surface area contributed by atoms with Gasteiger partial charge in [0.2, 0.25) is 0 Å². The monoisotopic (exact) mass is 273 g/mol. The van der Waals surface area contributed by atoms with Gasteiger partial charge in [0, 0.05) is 23.1 Å². The van der Waals surface area contributed by atoms with Gasteiger partial charge in [0.25, 0.3) is 0 Å². The van der Waals surface area contributed by atoms with Gasteiger partial charge in [-0.05, 0) is 33.6 Å². The molecule has 0 spiro atoms. The normalized spacial score (nSPS) is 21.2. The first-order valence-electron chi connectivity index (χ1n) is 6.72. The molecule has 4 heteroatoms. The molecule has 1 heterocycles. The minimum atomic E-state index is -0.401. The molecule has 3 nitrogen and oxygen atoms in total. The zero-order valence-electron chi connectivity index (χ0n) is 12.6. The number of rotatable bonds is 2. The van der Waals surface area contributed by atoms with Crippen molar-refractivity contribution in [1.82, 2.24) is 4.90 Å². The summed E-state index contributed by atoms with van der Waals surface area (Å²) in [4.78, 5) is 14.0. The maximum Gasteiger partial charge on any atom is 0.410 e. The zero-order chi connectivity index (χ0) is 14.0. The maximum atomic E-state index is 12.1. The molecule has 18 heavy (non-hydrogen) atoms. The smallest absolute Gasteiger partial charge is 0.410 e. The third kappa shape index (κ3) is 5.51. The van der Waals surface area contributed by atoms with E-state index in [1.165, 1.54) is 0 Å². The highest BCUT2D eigenvalue weighted by atomic mass is 32.2. The molecule has 0 aromatic heterocycles. The lowest BCUT2D eigenvalue weighted by atomic mass is 10.2. The van der Waals surface area contributed by atoms with Crippen LogP contribution < -0.4 is 0 Å². The van der Waals surface area contributed by atoms with Crippen molar-refractivity contribution in [3.8, 4) is 0 Å². The number of amides is 1. The van der Waals surface area contributed by atoms with Gasteiger partial charge in [-0.2, -0.15) is 11.8 Å². The van der Waals surface area contributed by atoms with Gasteiger partial charge in [-0.15, -0.1) is 0 Å². The quantitative estimate of drug-likeness (QED) is 0.764. The molecule has 0 radical (unpaired) electrons. The van der Waals surface area contributed by atoms with Crippen molar-refractivity contribution in [3.05, 3.63) is 0 Å². The number of hydrogen-bond acceptors (Lipinski definition) is 3. The second-order valence-corrected chi connectivity index (χ2v) is 8.74. The lowest BCUT2D eigenvalue weighted by molar-refractivity contribution is 0.0242. The summed E-state index contributed by atoms with van der Waals surface area (Å²) in [6, 6.07) is 0.337. The van der Waals surface area contributed by atoms with Crippen molar-refractivity contribution in [2.24, 2.45) is 0 Å². The Balaban J connectivity index is 2.51. The van der Waals surface area contributed by atoms with Gasteiger partial charge in [-0.1, -0.05) is 20.8 Å². The topological polar surface area (TPSA) is 29.5 Å². The van der Waals surface area contributed by atoms with Gasteiger partial charge in [0.1, 0.15) is 5.60 Å².